The molecule has 0 radical (unpaired) electrons. The Kier molecular flexibility index (Phi) is 5.21. The first kappa shape index (κ1) is 14.6. The molecule has 5 heteroatoms. The van der Waals surface area contributed by atoms with Crippen molar-refractivity contribution in [1.29, 1.82) is 5.26 Å². The van der Waals surface area contributed by atoms with Gasteiger partial charge in [0.05, 0.1) is 6.10 Å². The van der Waals surface area contributed by atoms with Gasteiger partial charge in [-0.15, -0.1) is 0 Å². The number of ether oxygens (including phenoxy) is 1. The molecule has 0 atom stereocenters. The number of rotatable bonds is 3. The van der Waals surface area contributed by atoms with Crippen molar-refractivity contribution in [3.05, 3.63) is 39.4 Å². The van der Waals surface area contributed by atoms with E-state index in [1.165, 1.54) is 12.1 Å². The van der Waals surface area contributed by atoms with E-state index >= 15 is 0 Å². The van der Waals surface area contributed by atoms with Gasteiger partial charge < -0.3 is 4.74 Å². The van der Waals surface area contributed by atoms with Crippen LogP contribution in [0.1, 0.15) is 19.4 Å². The molecule has 0 saturated heterocycles. The lowest BCUT2D eigenvalue weighted by atomic mass is 10.1. The van der Waals surface area contributed by atoms with E-state index in [4.69, 9.17) is 33.2 Å². The minimum atomic E-state index is -0.668. The molecule has 0 aliphatic rings. The molecule has 1 aromatic carbocycles. The molecule has 1 rings (SSSR count). The van der Waals surface area contributed by atoms with E-state index in [0.717, 1.165) is 0 Å². The maximum absolute atomic E-state index is 11.6. The van der Waals surface area contributed by atoms with Crippen LogP contribution < -0.4 is 0 Å². The Hall–Kier alpha value is -1.50. The van der Waals surface area contributed by atoms with Crippen LogP contribution in [-0.4, -0.2) is 12.1 Å². The van der Waals surface area contributed by atoms with Crippen molar-refractivity contribution in [3.8, 4) is 6.07 Å². The SMILES string of the molecule is CC(C)OC(=O)/C(C#N)=C/c1ccc(Cl)cc1Cl. The van der Waals surface area contributed by atoms with E-state index in [-0.39, 0.29) is 11.7 Å². The highest BCUT2D eigenvalue weighted by Gasteiger charge is 2.13. The topological polar surface area (TPSA) is 50.1 Å². The van der Waals surface area contributed by atoms with Crippen molar-refractivity contribution in [3.63, 3.8) is 0 Å². The van der Waals surface area contributed by atoms with Gasteiger partial charge in [0.1, 0.15) is 11.6 Å². The van der Waals surface area contributed by atoms with Crippen molar-refractivity contribution >= 4 is 35.2 Å². The fraction of sp³-hybridized carbons (Fsp3) is 0.231. The minimum absolute atomic E-state index is 0.104. The molecule has 0 heterocycles. The van der Waals surface area contributed by atoms with E-state index in [0.29, 0.717) is 15.6 Å². The van der Waals surface area contributed by atoms with E-state index in [9.17, 15) is 4.79 Å². The quantitative estimate of drug-likeness (QED) is 0.481. The molecular weight excluding hydrogens is 273 g/mol. The van der Waals surface area contributed by atoms with Crippen LogP contribution in [0, 0.1) is 11.3 Å². The molecule has 0 spiro atoms. The molecule has 94 valence electrons. The van der Waals surface area contributed by atoms with Gasteiger partial charge in [0.25, 0.3) is 0 Å². The summed E-state index contributed by atoms with van der Waals surface area (Å²) in [6.07, 6.45) is 1.10. The van der Waals surface area contributed by atoms with Gasteiger partial charge in [0.2, 0.25) is 0 Å². The highest BCUT2D eigenvalue weighted by molar-refractivity contribution is 6.35. The summed E-state index contributed by atoms with van der Waals surface area (Å²) >= 11 is 11.7. The van der Waals surface area contributed by atoms with Gasteiger partial charge in [-0.25, -0.2) is 4.79 Å². The Morgan fingerprint density at radius 1 is 1.44 bits per heavy atom. The zero-order valence-electron chi connectivity index (χ0n) is 9.91. The van der Waals surface area contributed by atoms with Crippen LogP contribution in [0.2, 0.25) is 10.0 Å². The van der Waals surface area contributed by atoms with Crippen molar-refractivity contribution < 1.29 is 9.53 Å². The van der Waals surface area contributed by atoms with E-state index in [1.807, 2.05) is 0 Å². The molecular formula is C13H11Cl2NO2. The zero-order chi connectivity index (χ0) is 13.7. The van der Waals surface area contributed by atoms with Crippen LogP contribution in [0.15, 0.2) is 23.8 Å². The van der Waals surface area contributed by atoms with E-state index in [2.05, 4.69) is 0 Å². The van der Waals surface area contributed by atoms with Crippen molar-refractivity contribution in [2.45, 2.75) is 20.0 Å². The standard InChI is InChI=1S/C13H11Cl2NO2/c1-8(2)18-13(17)10(7-16)5-9-3-4-11(14)6-12(9)15/h3-6,8H,1-2H3/b10-5+. The first-order chi connectivity index (χ1) is 8.43. The minimum Gasteiger partial charge on any atom is -0.459 e. The molecule has 18 heavy (non-hydrogen) atoms. The zero-order valence-corrected chi connectivity index (χ0v) is 11.4. The normalized spacial score (nSPS) is 11.2. The smallest absolute Gasteiger partial charge is 0.349 e. The second-order valence-electron chi connectivity index (χ2n) is 3.79. The number of benzene rings is 1. The first-order valence-corrected chi connectivity index (χ1v) is 5.97. The van der Waals surface area contributed by atoms with Gasteiger partial charge in [-0.3, -0.25) is 0 Å². The van der Waals surface area contributed by atoms with Gasteiger partial charge in [0.15, 0.2) is 0 Å². The molecule has 0 bridgehead atoms. The third kappa shape index (κ3) is 4.06. The number of hydrogen-bond acceptors (Lipinski definition) is 3. The number of carbonyl (C=O) groups excluding carboxylic acids is 1. The molecule has 0 amide bonds. The Balaban J connectivity index is 3.05. The number of halogens is 2. The molecule has 0 aromatic heterocycles. The number of nitriles is 1. The Morgan fingerprint density at radius 2 is 2.11 bits per heavy atom. The van der Waals surface area contributed by atoms with Gasteiger partial charge in [-0.2, -0.15) is 5.26 Å². The Bertz CT molecular complexity index is 530. The summed E-state index contributed by atoms with van der Waals surface area (Å²) < 4.78 is 4.94. The number of esters is 1. The van der Waals surface area contributed by atoms with Crippen molar-refractivity contribution in [1.82, 2.24) is 0 Å². The van der Waals surface area contributed by atoms with Crippen LogP contribution >= 0.6 is 23.2 Å². The molecule has 1 aromatic rings. The summed E-state index contributed by atoms with van der Waals surface area (Å²) in [6, 6.07) is 6.59. The predicted octanol–water partition coefficient (Wildman–Crippen LogP) is 3.85. The molecule has 0 aliphatic heterocycles. The third-order valence-electron chi connectivity index (χ3n) is 1.95. The van der Waals surface area contributed by atoms with Crippen molar-refractivity contribution in [2.75, 3.05) is 0 Å². The number of hydrogen-bond donors (Lipinski definition) is 0. The van der Waals surface area contributed by atoms with E-state index in [1.54, 1.807) is 32.0 Å². The van der Waals surface area contributed by atoms with Crippen LogP contribution in [0.5, 0.6) is 0 Å². The Morgan fingerprint density at radius 3 is 2.61 bits per heavy atom. The second kappa shape index (κ2) is 6.44. The fourth-order valence-electron chi connectivity index (χ4n) is 1.19. The molecule has 0 aliphatic carbocycles. The van der Waals surface area contributed by atoms with Crippen LogP contribution in [0.25, 0.3) is 6.08 Å². The lowest BCUT2D eigenvalue weighted by molar-refractivity contribution is -0.142. The largest absolute Gasteiger partial charge is 0.459 e. The monoisotopic (exact) mass is 283 g/mol. The predicted molar refractivity (Wildman–Crippen MR) is 71.3 cm³/mol. The van der Waals surface area contributed by atoms with Gasteiger partial charge >= 0.3 is 5.97 Å². The summed E-state index contributed by atoms with van der Waals surface area (Å²) in [5.74, 6) is -0.668. The molecule has 0 fully saturated rings. The number of nitrogens with zero attached hydrogens (tertiary/aromatic N) is 1. The number of carbonyl (C=O) groups is 1. The van der Waals surface area contributed by atoms with Gasteiger partial charge in [-0.05, 0) is 37.6 Å². The highest BCUT2D eigenvalue weighted by Crippen LogP contribution is 2.23. The second-order valence-corrected chi connectivity index (χ2v) is 4.63. The molecule has 0 unspecified atom stereocenters. The van der Waals surface area contributed by atoms with Crippen LogP contribution in [0.4, 0.5) is 0 Å². The lowest BCUT2D eigenvalue weighted by Gasteiger charge is -2.06. The summed E-state index contributed by atoms with van der Waals surface area (Å²) in [4.78, 5) is 11.6. The average Bonchev–Trinajstić information content (AvgIpc) is 2.27. The van der Waals surface area contributed by atoms with Gasteiger partial charge in [0, 0.05) is 10.0 Å². The third-order valence-corrected chi connectivity index (χ3v) is 2.51. The molecule has 0 N–H and O–H groups in total. The summed E-state index contributed by atoms with van der Waals surface area (Å²) in [7, 11) is 0. The average molecular weight is 284 g/mol. The lowest BCUT2D eigenvalue weighted by Crippen LogP contribution is -2.12. The van der Waals surface area contributed by atoms with Gasteiger partial charge in [-0.1, -0.05) is 29.3 Å². The maximum atomic E-state index is 11.6. The molecule has 0 saturated carbocycles. The molecule has 3 nitrogen and oxygen atoms in total. The highest BCUT2D eigenvalue weighted by atomic mass is 35.5. The van der Waals surface area contributed by atoms with E-state index < -0.39 is 5.97 Å². The first-order valence-electron chi connectivity index (χ1n) is 5.22. The maximum Gasteiger partial charge on any atom is 0.349 e. The summed E-state index contributed by atoms with van der Waals surface area (Å²) in [5.41, 5.74) is 0.436. The Labute approximate surface area is 116 Å². The fourth-order valence-corrected chi connectivity index (χ4v) is 1.65. The van der Waals surface area contributed by atoms with Crippen LogP contribution in [0.3, 0.4) is 0 Å². The van der Waals surface area contributed by atoms with Crippen LogP contribution in [-0.2, 0) is 9.53 Å². The summed E-state index contributed by atoms with van der Waals surface area (Å²) in [6.45, 7) is 3.42. The van der Waals surface area contributed by atoms with Crippen molar-refractivity contribution in [2.24, 2.45) is 0 Å². The summed E-state index contributed by atoms with van der Waals surface area (Å²) in [5, 5.41) is 9.78.